The van der Waals surface area contributed by atoms with Crippen LogP contribution in [0.3, 0.4) is 0 Å². The molecule has 2 fully saturated rings. The van der Waals surface area contributed by atoms with Crippen molar-refractivity contribution in [2.24, 2.45) is 7.05 Å². The zero-order valence-electron chi connectivity index (χ0n) is 32.9. The molecule has 0 radical (unpaired) electrons. The van der Waals surface area contributed by atoms with Gasteiger partial charge in [0.05, 0.1) is 48.0 Å². The van der Waals surface area contributed by atoms with Crippen LogP contribution in [0.4, 0.5) is 9.59 Å². The van der Waals surface area contributed by atoms with E-state index >= 15 is 0 Å². The molecule has 0 spiro atoms. The quantitative estimate of drug-likeness (QED) is 0.0725. The van der Waals surface area contributed by atoms with Crippen LogP contribution >= 0.6 is 0 Å². The number of ether oxygens (including phenoxy) is 7. The lowest BCUT2D eigenvalue weighted by molar-refractivity contribution is -0.0988. The molecule has 2 aromatic heterocycles. The number of benzene rings is 4. The van der Waals surface area contributed by atoms with E-state index in [4.69, 9.17) is 38.4 Å². The van der Waals surface area contributed by atoms with Crippen molar-refractivity contribution in [3.8, 4) is 22.5 Å². The molecule has 2 saturated heterocycles. The highest BCUT2D eigenvalue weighted by Crippen LogP contribution is 2.33. The molecule has 58 heavy (non-hydrogen) atoms. The summed E-state index contributed by atoms with van der Waals surface area (Å²) >= 11 is 0. The minimum absolute atomic E-state index is 0.00876. The molecule has 14 heteroatoms. The molecule has 1 unspecified atom stereocenters. The van der Waals surface area contributed by atoms with Gasteiger partial charge < -0.3 is 42.3 Å². The second kappa shape index (κ2) is 16.3. The number of esters is 1. The fourth-order valence-corrected chi connectivity index (χ4v) is 7.78. The Morgan fingerprint density at radius 1 is 0.828 bits per heavy atom. The minimum atomic E-state index is -1.27. The number of fused-ring (bicyclic) bond motifs is 3. The molecule has 0 bridgehead atoms. The van der Waals surface area contributed by atoms with Crippen molar-refractivity contribution in [3.63, 3.8) is 0 Å². The lowest BCUT2D eigenvalue weighted by atomic mass is 9.98. The maximum Gasteiger partial charge on any atom is 0.511 e. The van der Waals surface area contributed by atoms with Crippen LogP contribution in [0.25, 0.3) is 44.6 Å². The molecule has 2 aliphatic heterocycles. The third-order valence-electron chi connectivity index (χ3n) is 10.6. The highest BCUT2D eigenvalue weighted by atomic mass is 16.8. The van der Waals surface area contributed by atoms with Crippen LogP contribution in [0.15, 0.2) is 84.9 Å². The summed E-state index contributed by atoms with van der Waals surface area (Å²) < 4.78 is 41.6. The molecule has 14 nitrogen and oxygen atoms in total. The van der Waals surface area contributed by atoms with Crippen LogP contribution in [-0.2, 0) is 53.2 Å². The van der Waals surface area contributed by atoms with Gasteiger partial charge in [-0.25, -0.2) is 24.4 Å². The SMILES string of the molecule is CCCc1nc2c(C)cc(-c3nc4ccccc4n3C)cc2n1Cc1ccc(-c2ccccc2C(=O)OC(C)OC(=O)O[C@H]2CO[C@H]3[C@@H]2OC[C@H]3OC(=O)OC)cc1. The molecule has 0 amide bonds. The Hall–Kier alpha value is -6.25. The van der Waals surface area contributed by atoms with Gasteiger partial charge in [-0.05, 0) is 65.9 Å². The number of para-hydroxylation sites is 2. The van der Waals surface area contributed by atoms with E-state index in [1.807, 2.05) is 49.5 Å². The zero-order chi connectivity index (χ0) is 40.5. The first-order valence-corrected chi connectivity index (χ1v) is 19.3. The summed E-state index contributed by atoms with van der Waals surface area (Å²) in [5.74, 6) is 1.25. The van der Waals surface area contributed by atoms with E-state index in [1.165, 1.54) is 14.0 Å². The standard InChI is InChI=1S/C44H44N4O10/c1-6-11-37-46-38-25(2)20-29(41-45-32-14-9-10-15-33(32)47(41)4)21-34(38)48(37)22-27-16-18-28(19-17-27)30-12-7-8-13-31(30)42(49)55-26(3)56-44(51)58-36-24-54-39-35(23-53-40(36)39)57-43(50)52-5/h7-10,12-21,26,35-36,39-40H,6,11,22-24H2,1-5H3/t26?,35-,36+,39-,40-/m1/s1. The number of hydrogen-bond acceptors (Lipinski definition) is 12. The fraction of sp³-hybridized carbons (Fsp3) is 0.341. The zero-order valence-corrected chi connectivity index (χ0v) is 32.9. The van der Waals surface area contributed by atoms with Gasteiger partial charge in [-0.2, -0.15) is 0 Å². The number of nitrogens with zero attached hydrogens (tertiary/aromatic N) is 4. The number of methoxy groups -OCH3 is 1. The summed E-state index contributed by atoms with van der Waals surface area (Å²) in [4.78, 5) is 47.7. The van der Waals surface area contributed by atoms with Crippen molar-refractivity contribution in [1.82, 2.24) is 19.1 Å². The molecule has 8 rings (SSSR count). The molecule has 0 N–H and O–H groups in total. The smallest absolute Gasteiger partial charge is 0.438 e. The highest BCUT2D eigenvalue weighted by Gasteiger charge is 2.51. The van der Waals surface area contributed by atoms with Crippen molar-refractivity contribution < 1.29 is 47.5 Å². The van der Waals surface area contributed by atoms with Crippen LogP contribution in [0, 0.1) is 6.92 Å². The maximum atomic E-state index is 13.4. The van der Waals surface area contributed by atoms with Crippen molar-refractivity contribution in [3.05, 3.63) is 107 Å². The second-order valence-electron chi connectivity index (χ2n) is 14.5. The van der Waals surface area contributed by atoms with Gasteiger partial charge in [0.25, 0.3) is 0 Å². The van der Waals surface area contributed by atoms with Crippen molar-refractivity contribution in [2.75, 3.05) is 20.3 Å². The van der Waals surface area contributed by atoms with Crippen LogP contribution < -0.4 is 0 Å². The number of aryl methyl sites for hydroxylation is 3. The van der Waals surface area contributed by atoms with Gasteiger partial charge in [-0.3, -0.25) is 0 Å². The first kappa shape index (κ1) is 38.6. The minimum Gasteiger partial charge on any atom is -0.438 e. The van der Waals surface area contributed by atoms with Gasteiger partial charge in [0.15, 0.2) is 12.2 Å². The van der Waals surface area contributed by atoms with E-state index in [1.54, 1.807) is 12.1 Å². The Morgan fingerprint density at radius 2 is 1.52 bits per heavy atom. The summed E-state index contributed by atoms with van der Waals surface area (Å²) in [5, 5.41) is 0. The maximum absolute atomic E-state index is 13.4. The van der Waals surface area contributed by atoms with E-state index in [-0.39, 0.29) is 13.2 Å². The molecule has 2 aliphatic rings. The summed E-state index contributed by atoms with van der Waals surface area (Å²) in [7, 11) is 3.25. The van der Waals surface area contributed by atoms with Crippen LogP contribution in [0.5, 0.6) is 0 Å². The lowest BCUT2D eigenvalue weighted by Gasteiger charge is -2.19. The first-order chi connectivity index (χ1) is 28.1. The molecule has 0 aliphatic carbocycles. The van der Waals surface area contributed by atoms with Gasteiger partial charge in [-0.1, -0.05) is 61.5 Å². The first-order valence-electron chi connectivity index (χ1n) is 19.3. The third kappa shape index (κ3) is 7.60. The Kier molecular flexibility index (Phi) is 10.9. The van der Waals surface area contributed by atoms with Gasteiger partial charge in [0.1, 0.15) is 23.9 Å². The third-order valence-corrected chi connectivity index (χ3v) is 10.6. The molecule has 4 heterocycles. The van der Waals surface area contributed by atoms with E-state index in [2.05, 4.69) is 58.1 Å². The van der Waals surface area contributed by atoms with Crippen LogP contribution in [-0.4, -0.2) is 88.4 Å². The van der Waals surface area contributed by atoms with Gasteiger partial charge in [-0.15, -0.1) is 0 Å². The monoisotopic (exact) mass is 788 g/mol. The molecular weight excluding hydrogens is 745 g/mol. The van der Waals surface area contributed by atoms with Crippen molar-refractivity contribution >= 4 is 40.3 Å². The molecular formula is C44H44N4O10. The Bertz CT molecular complexity index is 2490. The largest absolute Gasteiger partial charge is 0.511 e. The number of carbonyl (C=O) groups excluding carboxylic acids is 3. The number of imidazole rings is 2. The second-order valence-corrected chi connectivity index (χ2v) is 14.5. The van der Waals surface area contributed by atoms with Gasteiger partial charge >= 0.3 is 18.3 Å². The Labute approximate surface area is 334 Å². The summed E-state index contributed by atoms with van der Waals surface area (Å²) in [6, 6.07) is 27.7. The summed E-state index contributed by atoms with van der Waals surface area (Å²) in [5.41, 5.74) is 9.03. The Morgan fingerprint density at radius 3 is 2.22 bits per heavy atom. The number of aromatic nitrogens is 4. The molecule has 4 aromatic carbocycles. The highest BCUT2D eigenvalue weighted by molar-refractivity contribution is 5.97. The molecule has 5 atom stereocenters. The average molecular weight is 789 g/mol. The van der Waals surface area contributed by atoms with Crippen molar-refractivity contribution in [1.29, 1.82) is 0 Å². The molecule has 0 saturated carbocycles. The van der Waals surface area contributed by atoms with E-state index in [9.17, 15) is 14.4 Å². The predicted octanol–water partition coefficient (Wildman–Crippen LogP) is 7.54. The van der Waals surface area contributed by atoms with Gasteiger partial charge in [0.2, 0.25) is 6.29 Å². The normalized spacial score (nSPS) is 19.2. The van der Waals surface area contributed by atoms with Gasteiger partial charge in [0, 0.05) is 32.5 Å². The van der Waals surface area contributed by atoms with Crippen LogP contribution in [0.1, 0.15) is 47.6 Å². The summed E-state index contributed by atoms with van der Waals surface area (Å²) in [6.45, 7) is 6.35. The van der Waals surface area contributed by atoms with E-state index in [0.717, 1.165) is 68.8 Å². The number of rotatable bonds is 11. The average Bonchev–Trinajstić information content (AvgIpc) is 3.99. The van der Waals surface area contributed by atoms with Crippen molar-refractivity contribution in [2.45, 2.75) is 70.9 Å². The number of hydrogen-bond donors (Lipinski definition) is 0. The lowest BCUT2D eigenvalue weighted by Crippen LogP contribution is -2.36. The van der Waals surface area contributed by atoms with Crippen LogP contribution in [0.2, 0.25) is 0 Å². The topological polar surface area (TPSA) is 151 Å². The fourth-order valence-electron chi connectivity index (χ4n) is 7.78. The predicted molar refractivity (Wildman–Crippen MR) is 212 cm³/mol. The Balaban J connectivity index is 0.949. The number of carbonyl (C=O) groups is 3. The van der Waals surface area contributed by atoms with E-state index < -0.39 is 49.0 Å². The molecule has 300 valence electrons. The molecule has 6 aromatic rings. The van der Waals surface area contributed by atoms with E-state index in [0.29, 0.717) is 17.7 Å². The summed E-state index contributed by atoms with van der Waals surface area (Å²) in [6.07, 6.45) is -4.21.